The summed E-state index contributed by atoms with van der Waals surface area (Å²) in [6, 6.07) is 4.14. The predicted molar refractivity (Wildman–Crippen MR) is 101 cm³/mol. The first-order valence-corrected chi connectivity index (χ1v) is 10.6. The number of pyridine rings is 1. The molecular formula is C22H31N3O. The standard InChI is InChI=1S/C22H31N3O/c26-21(14-22-11-18-8-19(12-22)10-20(9-18)13-22)25-6-4-24(5-7-25)16-17-2-1-3-23-15-17/h1-3,15,18-20H,4-14,16H2. The smallest absolute Gasteiger partial charge is 0.223 e. The van der Waals surface area contributed by atoms with Gasteiger partial charge in [0.05, 0.1) is 0 Å². The highest BCUT2D eigenvalue weighted by atomic mass is 16.2. The van der Waals surface area contributed by atoms with Crippen LogP contribution >= 0.6 is 0 Å². The number of amides is 1. The highest BCUT2D eigenvalue weighted by Crippen LogP contribution is 2.61. The number of carbonyl (C=O) groups is 1. The van der Waals surface area contributed by atoms with Crippen LogP contribution in [0.4, 0.5) is 0 Å². The van der Waals surface area contributed by atoms with Gasteiger partial charge in [0.1, 0.15) is 0 Å². The molecule has 5 fully saturated rings. The quantitative estimate of drug-likeness (QED) is 0.833. The maximum absolute atomic E-state index is 13.0. The highest BCUT2D eigenvalue weighted by Gasteiger charge is 2.51. The summed E-state index contributed by atoms with van der Waals surface area (Å²) < 4.78 is 0. The molecule has 0 aromatic carbocycles. The zero-order valence-electron chi connectivity index (χ0n) is 15.8. The largest absolute Gasteiger partial charge is 0.340 e. The molecule has 1 saturated heterocycles. The van der Waals surface area contributed by atoms with Crippen LogP contribution in [0.25, 0.3) is 0 Å². The van der Waals surface area contributed by atoms with Crippen LogP contribution in [0.1, 0.15) is 50.5 Å². The van der Waals surface area contributed by atoms with Crippen LogP contribution in [-0.2, 0) is 11.3 Å². The summed E-state index contributed by atoms with van der Waals surface area (Å²) in [4.78, 5) is 21.9. The van der Waals surface area contributed by atoms with E-state index in [2.05, 4.69) is 20.9 Å². The molecule has 1 amide bonds. The van der Waals surface area contributed by atoms with Gasteiger partial charge in [-0.05, 0) is 73.3 Å². The van der Waals surface area contributed by atoms with Crippen molar-refractivity contribution in [2.75, 3.05) is 26.2 Å². The lowest BCUT2D eigenvalue weighted by Crippen LogP contribution is -2.52. The molecule has 1 aliphatic heterocycles. The van der Waals surface area contributed by atoms with Crippen molar-refractivity contribution in [3.63, 3.8) is 0 Å². The normalized spacial score (nSPS) is 36.5. The van der Waals surface area contributed by atoms with Crippen molar-refractivity contribution in [3.05, 3.63) is 30.1 Å². The van der Waals surface area contributed by atoms with E-state index in [1.807, 2.05) is 18.5 Å². The molecule has 0 atom stereocenters. The number of aromatic nitrogens is 1. The zero-order valence-corrected chi connectivity index (χ0v) is 15.8. The van der Waals surface area contributed by atoms with Crippen LogP contribution in [0.5, 0.6) is 0 Å². The summed E-state index contributed by atoms with van der Waals surface area (Å²) in [6.45, 7) is 4.71. The molecule has 1 aromatic rings. The topological polar surface area (TPSA) is 36.4 Å². The van der Waals surface area contributed by atoms with Gasteiger partial charge < -0.3 is 4.90 Å². The Kier molecular flexibility index (Phi) is 4.27. The van der Waals surface area contributed by atoms with Crippen LogP contribution in [0.2, 0.25) is 0 Å². The van der Waals surface area contributed by atoms with Gasteiger partial charge in [0.15, 0.2) is 0 Å². The van der Waals surface area contributed by atoms with Crippen LogP contribution in [-0.4, -0.2) is 46.9 Å². The second-order valence-electron chi connectivity index (χ2n) is 9.61. The second kappa shape index (κ2) is 6.63. The fourth-order valence-corrected chi connectivity index (χ4v) is 6.84. The molecule has 26 heavy (non-hydrogen) atoms. The Morgan fingerprint density at radius 3 is 2.27 bits per heavy atom. The predicted octanol–water partition coefficient (Wildman–Crippen LogP) is 3.33. The highest BCUT2D eigenvalue weighted by molar-refractivity contribution is 5.77. The molecular weight excluding hydrogens is 322 g/mol. The van der Waals surface area contributed by atoms with Crippen molar-refractivity contribution in [2.24, 2.45) is 23.2 Å². The summed E-state index contributed by atoms with van der Waals surface area (Å²) in [5.74, 6) is 3.24. The average molecular weight is 354 g/mol. The van der Waals surface area contributed by atoms with E-state index < -0.39 is 0 Å². The van der Waals surface area contributed by atoms with Gasteiger partial charge in [-0.15, -0.1) is 0 Å². The minimum Gasteiger partial charge on any atom is -0.340 e. The Morgan fingerprint density at radius 1 is 1.04 bits per heavy atom. The lowest BCUT2D eigenvalue weighted by molar-refractivity contribution is -0.141. The third-order valence-electron chi connectivity index (χ3n) is 7.55. The van der Waals surface area contributed by atoms with Crippen LogP contribution in [0, 0.1) is 23.2 Å². The van der Waals surface area contributed by atoms with Crippen LogP contribution in [0.3, 0.4) is 0 Å². The van der Waals surface area contributed by atoms with E-state index in [0.29, 0.717) is 11.3 Å². The van der Waals surface area contributed by atoms with E-state index in [9.17, 15) is 4.79 Å². The number of nitrogens with zero attached hydrogens (tertiary/aromatic N) is 3. The Bertz CT molecular complexity index is 615. The molecule has 140 valence electrons. The van der Waals surface area contributed by atoms with Crippen molar-refractivity contribution in [2.45, 2.75) is 51.5 Å². The number of hydrogen-bond acceptors (Lipinski definition) is 3. The summed E-state index contributed by atoms with van der Waals surface area (Å²) in [5, 5.41) is 0. The number of carbonyl (C=O) groups excluding carboxylic acids is 1. The van der Waals surface area contributed by atoms with Crippen molar-refractivity contribution in [3.8, 4) is 0 Å². The summed E-state index contributed by atoms with van der Waals surface area (Å²) in [7, 11) is 0. The van der Waals surface area contributed by atoms with Crippen LogP contribution < -0.4 is 0 Å². The van der Waals surface area contributed by atoms with Crippen molar-refractivity contribution < 1.29 is 4.79 Å². The number of piperazine rings is 1. The van der Waals surface area contributed by atoms with Gasteiger partial charge in [0, 0.05) is 51.5 Å². The van der Waals surface area contributed by atoms with E-state index in [1.165, 1.54) is 44.1 Å². The Balaban J connectivity index is 1.15. The SMILES string of the molecule is O=C(CC12CC3CC(CC(C3)C1)C2)N1CCN(Cc2cccnc2)CC1. The first-order chi connectivity index (χ1) is 12.7. The van der Waals surface area contributed by atoms with Crippen molar-refractivity contribution in [1.82, 2.24) is 14.8 Å². The van der Waals surface area contributed by atoms with Gasteiger partial charge >= 0.3 is 0 Å². The Morgan fingerprint density at radius 2 is 1.69 bits per heavy atom. The molecule has 0 radical (unpaired) electrons. The molecule has 6 rings (SSSR count). The van der Waals surface area contributed by atoms with Crippen molar-refractivity contribution >= 4 is 5.91 Å². The summed E-state index contributed by atoms with van der Waals surface area (Å²) >= 11 is 0. The molecule has 4 aliphatic carbocycles. The third kappa shape index (κ3) is 3.28. The second-order valence-corrected chi connectivity index (χ2v) is 9.61. The maximum atomic E-state index is 13.0. The zero-order chi connectivity index (χ0) is 17.6. The van der Waals surface area contributed by atoms with E-state index in [1.54, 1.807) is 0 Å². The lowest BCUT2D eigenvalue weighted by atomic mass is 9.49. The number of rotatable bonds is 4. The molecule has 0 spiro atoms. The van der Waals surface area contributed by atoms with E-state index in [-0.39, 0.29) is 0 Å². The molecule has 2 heterocycles. The maximum Gasteiger partial charge on any atom is 0.223 e. The van der Waals surface area contributed by atoms with Crippen LogP contribution in [0.15, 0.2) is 24.5 Å². The molecule has 0 unspecified atom stereocenters. The van der Waals surface area contributed by atoms with Gasteiger partial charge in [-0.3, -0.25) is 14.7 Å². The molecule has 4 nitrogen and oxygen atoms in total. The molecule has 4 saturated carbocycles. The summed E-state index contributed by atoms with van der Waals surface area (Å²) in [5.41, 5.74) is 1.64. The molecule has 5 aliphatic rings. The van der Waals surface area contributed by atoms with Gasteiger partial charge in [0.2, 0.25) is 5.91 Å². The van der Waals surface area contributed by atoms with Gasteiger partial charge in [-0.25, -0.2) is 0 Å². The lowest BCUT2D eigenvalue weighted by Gasteiger charge is -2.57. The Labute approximate surface area is 157 Å². The minimum atomic E-state index is 0.374. The molecule has 0 N–H and O–H groups in total. The first kappa shape index (κ1) is 16.7. The van der Waals surface area contributed by atoms with Gasteiger partial charge in [-0.2, -0.15) is 0 Å². The minimum absolute atomic E-state index is 0.374. The number of hydrogen-bond donors (Lipinski definition) is 0. The third-order valence-corrected chi connectivity index (χ3v) is 7.55. The Hall–Kier alpha value is -1.42. The fourth-order valence-electron chi connectivity index (χ4n) is 6.84. The van der Waals surface area contributed by atoms with E-state index in [0.717, 1.165) is 56.9 Å². The monoisotopic (exact) mass is 353 g/mol. The summed E-state index contributed by atoms with van der Waals surface area (Å²) in [6.07, 6.45) is 13.0. The average Bonchev–Trinajstić information content (AvgIpc) is 2.61. The fraction of sp³-hybridized carbons (Fsp3) is 0.727. The molecule has 1 aromatic heterocycles. The molecule has 4 heteroatoms. The van der Waals surface area contributed by atoms with Gasteiger partial charge in [0.25, 0.3) is 0 Å². The molecule has 4 bridgehead atoms. The first-order valence-electron chi connectivity index (χ1n) is 10.6. The van der Waals surface area contributed by atoms with Crippen molar-refractivity contribution in [1.29, 1.82) is 0 Å². The van der Waals surface area contributed by atoms with Gasteiger partial charge in [-0.1, -0.05) is 6.07 Å². The van der Waals surface area contributed by atoms with E-state index in [4.69, 9.17) is 0 Å². The van der Waals surface area contributed by atoms with E-state index >= 15 is 0 Å².